The van der Waals surface area contributed by atoms with Crippen LogP contribution in [0.3, 0.4) is 0 Å². The molecule has 1 nitrogen and oxygen atoms in total. The maximum absolute atomic E-state index is 5.46. The van der Waals surface area contributed by atoms with E-state index < -0.39 is 0 Å². The zero-order chi connectivity index (χ0) is 11.5. The lowest BCUT2D eigenvalue weighted by molar-refractivity contribution is 0.621. The molecule has 0 spiro atoms. The van der Waals surface area contributed by atoms with E-state index in [-0.39, 0.29) is 0 Å². The first-order chi connectivity index (χ1) is 7.13. The molecule has 0 amide bonds. The molecule has 15 heavy (non-hydrogen) atoms. The lowest BCUT2D eigenvalue weighted by Gasteiger charge is -2.03. The van der Waals surface area contributed by atoms with Crippen LogP contribution in [0.15, 0.2) is 29.2 Å². The van der Waals surface area contributed by atoms with Crippen molar-refractivity contribution < 1.29 is 0 Å². The highest BCUT2D eigenvalue weighted by molar-refractivity contribution is 7.97. The molecule has 0 heterocycles. The quantitative estimate of drug-likeness (QED) is 0.609. The molecule has 0 aromatic heterocycles. The van der Waals surface area contributed by atoms with Gasteiger partial charge in [0.1, 0.15) is 0 Å². The van der Waals surface area contributed by atoms with E-state index in [9.17, 15) is 0 Å². The Labute approximate surface area is 96.6 Å². The minimum Gasteiger partial charge on any atom is -0.274 e. The molecular weight excluding hydrogens is 202 g/mol. The van der Waals surface area contributed by atoms with Crippen molar-refractivity contribution in [3.05, 3.63) is 29.8 Å². The minimum atomic E-state index is 0.525. The summed E-state index contributed by atoms with van der Waals surface area (Å²) in [6, 6.07) is 8.62. The zero-order valence-electron chi connectivity index (χ0n) is 9.23. The van der Waals surface area contributed by atoms with Crippen LogP contribution in [0.4, 0.5) is 0 Å². The maximum Gasteiger partial charge on any atom is 0.0226 e. The van der Waals surface area contributed by atoms with Gasteiger partial charge in [0.2, 0.25) is 0 Å². The van der Waals surface area contributed by atoms with Crippen molar-refractivity contribution in [3.63, 3.8) is 0 Å². The van der Waals surface area contributed by atoms with Crippen LogP contribution in [0.25, 0.3) is 0 Å². The van der Waals surface area contributed by atoms with Crippen molar-refractivity contribution in [1.29, 1.82) is 0 Å². The fourth-order valence-corrected chi connectivity index (χ4v) is 2.11. The highest BCUT2D eigenvalue weighted by Gasteiger charge is 2.46. The molecule has 1 fully saturated rings. The number of terminal acetylenes is 1. The summed E-state index contributed by atoms with van der Waals surface area (Å²) in [5, 5.41) is 5.46. The molecular formula is C13H17NS. The summed E-state index contributed by atoms with van der Waals surface area (Å²) in [6.45, 7) is 4.65. The lowest BCUT2D eigenvalue weighted by Crippen LogP contribution is -1.89. The molecule has 2 N–H and O–H groups in total. The van der Waals surface area contributed by atoms with Gasteiger partial charge < -0.3 is 0 Å². The minimum absolute atomic E-state index is 0.525. The summed E-state index contributed by atoms with van der Waals surface area (Å²) in [7, 11) is 0. The van der Waals surface area contributed by atoms with Crippen molar-refractivity contribution in [2.75, 3.05) is 0 Å². The molecule has 0 bridgehead atoms. The van der Waals surface area contributed by atoms with E-state index >= 15 is 0 Å². The van der Waals surface area contributed by atoms with Crippen LogP contribution >= 0.6 is 11.9 Å². The monoisotopic (exact) mass is 219 g/mol. The van der Waals surface area contributed by atoms with Gasteiger partial charge in [0.05, 0.1) is 0 Å². The van der Waals surface area contributed by atoms with Crippen molar-refractivity contribution in [2.45, 2.75) is 31.1 Å². The van der Waals surface area contributed by atoms with Gasteiger partial charge in [0.25, 0.3) is 0 Å². The van der Waals surface area contributed by atoms with Gasteiger partial charge in [-0.1, -0.05) is 26.0 Å². The van der Waals surface area contributed by atoms with Gasteiger partial charge in [-0.05, 0) is 47.4 Å². The average molecular weight is 219 g/mol. The number of nitrogens with two attached hydrogens (primary N) is 1. The van der Waals surface area contributed by atoms with Crippen LogP contribution in [0.5, 0.6) is 0 Å². The standard InChI is InChI=1S/C11H15NS.C2H2/c1-11(2)7-10(11)8-3-5-9(13-12)6-4-8;1-2/h3-6,10H,7,12H2,1-2H3;1-2H. The van der Waals surface area contributed by atoms with E-state index in [1.807, 2.05) is 0 Å². The van der Waals surface area contributed by atoms with Crippen LogP contribution in [-0.2, 0) is 0 Å². The summed E-state index contributed by atoms with van der Waals surface area (Å²) in [4.78, 5) is 1.14. The number of hydrogen-bond acceptors (Lipinski definition) is 2. The van der Waals surface area contributed by atoms with Crippen molar-refractivity contribution in [1.82, 2.24) is 0 Å². The molecule has 1 aromatic rings. The molecule has 0 aliphatic heterocycles. The van der Waals surface area contributed by atoms with Gasteiger partial charge in [0, 0.05) is 4.90 Å². The van der Waals surface area contributed by atoms with Crippen molar-refractivity contribution in [2.24, 2.45) is 10.6 Å². The SMILES string of the molecule is C#C.CC1(C)CC1c1ccc(SN)cc1. The van der Waals surface area contributed by atoms with Gasteiger partial charge in [-0.2, -0.15) is 0 Å². The van der Waals surface area contributed by atoms with Crippen molar-refractivity contribution in [3.8, 4) is 12.8 Å². The zero-order valence-corrected chi connectivity index (χ0v) is 10.1. The molecule has 1 unspecified atom stereocenters. The molecule has 80 valence electrons. The first-order valence-electron chi connectivity index (χ1n) is 4.93. The molecule has 1 aliphatic carbocycles. The fraction of sp³-hybridized carbons (Fsp3) is 0.385. The summed E-state index contributed by atoms with van der Waals surface area (Å²) < 4.78 is 0. The Balaban J connectivity index is 0.000000531. The molecule has 1 aliphatic rings. The molecule has 2 heteroatoms. The first-order valence-corrected chi connectivity index (χ1v) is 5.81. The highest BCUT2D eigenvalue weighted by atomic mass is 32.2. The fourth-order valence-electron chi connectivity index (χ4n) is 1.81. The third-order valence-corrected chi connectivity index (χ3v) is 3.48. The Kier molecular flexibility index (Phi) is 3.84. The summed E-state index contributed by atoms with van der Waals surface area (Å²) in [5.74, 6) is 0.768. The number of rotatable bonds is 2. The third-order valence-electron chi connectivity index (χ3n) is 2.93. The normalized spacial score (nSPS) is 21.3. The largest absolute Gasteiger partial charge is 0.274 e. The second-order valence-corrected chi connectivity index (χ2v) is 5.14. The third kappa shape index (κ3) is 2.77. The topological polar surface area (TPSA) is 26.0 Å². The first kappa shape index (κ1) is 12.2. The maximum atomic E-state index is 5.46. The smallest absolute Gasteiger partial charge is 0.0226 e. The van der Waals surface area contributed by atoms with E-state index in [1.54, 1.807) is 0 Å². The molecule has 1 aromatic carbocycles. The van der Waals surface area contributed by atoms with Gasteiger partial charge in [-0.3, -0.25) is 5.14 Å². The van der Waals surface area contributed by atoms with Gasteiger partial charge in [-0.15, -0.1) is 12.8 Å². The van der Waals surface area contributed by atoms with Crippen LogP contribution in [-0.4, -0.2) is 0 Å². The van der Waals surface area contributed by atoms with Crippen LogP contribution in [0, 0.1) is 18.3 Å². The van der Waals surface area contributed by atoms with Gasteiger partial charge >= 0.3 is 0 Å². The molecule has 1 atom stereocenters. The molecule has 0 saturated heterocycles. The molecule has 0 radical (unpaired) electrons. The second kappa shape index (κ2) is 4.74. The van der Waals surface area contributed by atoms with Crippen LogP contribution in [0.2, 0.25) is 0 Å². The van der Waals surface area contributed by atoms with E-state index in [2.05, 4.69) is 51.0 Å². The van der Waals surface area contributed by atoms with Crippen LogP contribution < -0.4 is 5.14 Å². The Hall–Kier alpha value is -0.910. The number of benzene rings is 1. The van der Waals surface area contributed by atoms with E-state index in [0.717, 1.165) is 10.8 Å². The van der Waals surface area contributed by atoms with Gasteiger partial charge in [0.15, 0.2) is 0 Å². The number of hydrogen-bond donors (Lipinski definition) is 1. The predicted molar refractivity (Wildman–Crippen MR) is 67.5 cm³/mol. The Bertz CT molecular complexity index is 337. The van der Waals surface area contributed by atoms with Gasteiger partial charge in [-0.25, -0.2) is 0 Å². The Morgan fingerprint density at radius 2 is 1.73 bits per heavy atom. The average Bonchev–Trinajstić information content (AvgIpc) is 2.91. The second-order valence-electron chi connectivity index (χ2n) is 4.43. The summed E-state index contributed by atoms with van der Waals surface area (Å²) >= 11 is 1.31. The lowest BCUT2D eigenvalue weighted by atomic mass is 10.0. The van der Waals surface area contributed by atoms with E-state index in [0.29, 0.717) is 5.41 Å². The van der Waals surface area contributed by atoms with E-state index in [4.69, 9.17) is 5.14 Å². The van der Waals surface area contributed by atoms with Crippen molar-refractivity contribution >= 4 is 11.9 Å². The van der Waals surface area contributed by atoms with Crippen LogP contribution in [0.1, 0.15) is 31.7 Å². The Morgan fingerprint density at radius 3 is 2.07 bits per heavy atom. The summed E-state index contributed by atoms with van der Waals surface area (Å²) in [5.41, 5.74) is 1.99. The summed E-state index contributed by atoms with van der Waals surface area (Å²) in [6.07, 6.45) is 9.32. The molecule has 2 rings (SSSR count). The highest BCUT2D eigenvalue weighted by Crippen LogP contribution is 2.58. The van der Waals surface area contributed by atoms with E-state index in [1.165, 1.54) is 23.9 Å². The molecule has 1 saturated carbocycles. The Morgan fingerprint density at radius 1 is 1.27 bits per heavy atom. The predicted octanol–water partition coefficient (Wildman–Crippen LogP) is 3.42.